The Kier molecular flexibility index (Phi) is 5.74. The number of aromatic nitrogens is 3. The fraction of sp³-hybridized carbons (Fsp3) is 0.381. The van der Waals surface area contributed by atoms with E-state index in [9.17, 15) is 9.90 Å². The minimum Gasteiger partial charge on any atom is -0.493 e. The molecule has 1 N–H and O–H groups in total. The molecular weight excluding hydrogens is 342 g/mol. The molecule has 142 valence electrons. The number of nitrogens with zero attached hydrogens (tertiary/aromatic N) is 3. The Hall–Kier alpha value is -2.89. The Balaban J connectivity index is 2.02. The molecule has 0 spiro atoms. The number of aromatic hydroxyl groups is 1. The lowest BCUT2D eigenvalue weighted by atomic mass is 10.0. The molecule has 0 unspecified atom stereocenters. The van der Waals surface area contributed by atoms with Crippen LogP contribution in [0.15, 0.2) is 36.4 Å². The number of carbonyl (C=O) groups excluding carboxylic acids is 1. The molecule has 0 saturated carbocycles. The van der Waals surface area contributed by atoms with Gasteiger partial charge in [0, 0.05) is 17.3 Å². The summed E-state index contributed by atoms with van der Waals surface area (Å²) in [5.74, 6) is -0.513. The minimum atomic E-state index is -0.432. The number of fused-ring (bicyclic) bond motifs is 1. The SMILES string of the molecule is C=C1/C=C\C(c2cc3nc(C)c(CC(=O)OC)c(O)n3n2)=C/CCCCC1. The van der Waals surface area contributed by atoms with Crippen molar-refractivity contribution in [1.29, 1.82) is 0 Å². The van der Waals surface area contributed by atoms with E-state index in [2.05, 4.69) is 22.7 Å². The van der Waals surface area contributed by atoms with Crippen LogP contribution in [0.3, 0.4) is 0 Å². The summed E-state index contributed by atoms with van der Waals surface area (Å²) in [6.45, 7) is 5.86. The Morgan fingerprint density at radius 1 is 1.33 bits per heavy atom. The van der Waals surface area contributed by atoms with E-state index >= 15 is 0 Å². The van der Waals surface area contributed by atoms with E-state index in [0.717, 1.165) is 36.1 Å². The largest absolute Gasteiger partial charge is 0.493 e. The fourth-order valence-electron chi connectivity index (χ4n) is 3.18. The zero-order valence-electron chi connectivity index (χ0n) is 15.9. The van der Waals surface area contributed by atoms with Gasteiger partial charge in [0.25, 0.3) is 0 Å². The number of methoxy groups -OCH3 is 1. The molecule has 1 aliphatic rings. The highest BCUT2D eigenvalue weighted by Gasteiger charge is 2.18. The lowest BCUT2D eigenvalue weighted by Crippen LogP contribution is -2.09. The first kappa shape index (κ1) is 18.9. The molecule has 2 aromatic rings. The Morgan fingerprint density at radius 3 is 2.93 bits per heavy atom. The Labute approximate surface area is 158 Å². The predicted molar refractivity (Wildman–Crippen MR) is 104 cm³/mol. The molecule has 0 aliphatic heterocycles. The van der Waals surface area contributed by atoms with Crippen molar-refractivity contribution in [2.75, 3.05) is 7.11 Å². The second kappa shape index (κ2) is 8.20. The van der Waals surface area contributed by atoms with Gasteiger partial charge in [0.1, 0.15) is 0 Å². The normalized spacial score (nSPS) is 18.7. The summed E-state index contributed by atoms with van der Waals surface area (Å²) < 4.78 is 6.08. The molecule has 3 rings (SSSR count). The van der Waals surface area contributed by atoms with Crippen molar-refractivity contribution in [2.24, 2.45) is 0 Å². The lowest BCUT2D eigenvalue weighted by Gasteiger charge is -2.08. The summed E-state index contributed by atoms with van der Waals surface area (Å²) in [7, 11) is 1.32. The van der Waals surface area contributed by atoms with Crippen LogP contribution in [0.1, 0.15) is 49.1 Å². The second-order valence-corrected chi connectivity index (χ2v) is 6.80. The third-order valence-electron chi connectivity index (χ3n) is 4.79. The van der Waals surface area contributed by atoms with E-state index in [-0.39, 0.29) is 12.3 Å². The van der Waals surface area contributed by atoms with E-state index in [1.54, 1.807) is 6.92 Å². The molecule has 27 heavy (non-hydrogen) atoms. The number of hydrogen-bond acceptors (Lipinski definition) is 5. The standard InChI is InChI=1S/C21H25N3O3/c1-14-8-6-4-5-7-9-16(11-10-14)18-13-19-22-15(2)17(12-20(25)27-3)21(26)24(19)23-18/h9-11,13,26H,1,4-8,12H2,2-3H3/b11-10-,16-9+. The quantitative estimate of drug-likeness (QED) is 0.832. The number of aryl methyl sites for hydroxylation is 1. The summed E-state index contributed by atoms with van der Waals surface area (Å²) >= 11 is 0. The Bertz CT molecular complexity index is 938. The zero-order chi connectivity index (χ0) is 19.4. The molecule has 1 aliphatic carbocycles. The van der Waals surface area contributed by atoms with Crippen molar-refractivity contribution >= 4 is 17.2 Å². The molecule has 0 saturated heterocycles. The molecule has 6 heteroatoms. The highest BCUT2D eigenvalue weighted by atomic mass is 16.5. The van der Waals surface area contributed by atoms with Crippen molar-refractivity contribution in [2.45, 2.75) is 45.4 Å². The summed E-state index contributed by atoms with van der Waals surface area (Å²) in [5.41, 5.74) is 4.36. The number of carbonyl (C=O) groups is 1. The third kappa shape index (κ3) is 4.27. The van der Waals surface area contributed by atoms with E-state index < -0.39 is 5.97 Å². The molecule has 2 aromatic heterocycles. The highest BCUT2D eigenvalue weighted by molar-refractivity contribution is 5.76. The Morgan fingerprint density at radius 2 is 2.15 bits per heavy atom. The van der Waals surface area contributed by atoms with Crippen LogP contribution in [0.2, 0.25) is 0 Å². The van der Waals surface area contributed by atoms with Gasteiger partial charge in [-0.1, -0.05) is 36.8 Å². The average molecular weight is 367 g/mol. The van der Waals surface area contributed by atoms with Crippen LogP contribution in [0.4, 0.5) is 0 Å². The van der Waals surface area contributed by atoms with Gasteiger partial charge < -0.3 is 9.84 Å². The highest BCUT2D eigenvalue weighted by Crippen LogP contribution is 2.26. The molecule has 6 nitrogen and oxygen atoms in total. The first-order valence-electron chi connectivity index (χ1n) is 9.21. The minimum absolute atomic E-state index is 0.0469. The van der Waals surface area contributed by atoms with Gasteiger partial charge in [-0.3, -0.25) is 4.79 Å². The van der Waals surface area contributed by atoms with Crippen LogP contribution in [-0.2, 0) is 16.0 Å². The molecule has 2 heterocycles. The number of rotatable bonds is 3. The van der Waals surface area contributed by atoms with Crippen molar-refractivity contribution in [3.63, 3.8) is 0 Å². The maximum absolute atomic E-state index is 11.6. The van der Waals surface area contributed by atoms with Gasteiger partial charge in [-0.15, -0.1) is 0 Å². The second-order valence-electron chi connectivity index (χ2n) is 6.80. The van der Waals surface area contributed by atoms with Crippen molar-refractivity contribution < 1.29 is 14.6 Å². The average Bonchev–Trinajstić information content (AvgIpc) is 3.07. The van der Waals surface area contributed by atoms with Gasteiger partial charge in [-0.05, 0) is 38.2 Å². The molecule has 0 atom stereocenters. The maximum Gasteiger partial charge on any atom is 0.310 e. The van der Waals surface area contributed by atoms with Crippen LogP contribution >= 0.6 is 0 Å². The van der Waals surface area contributed by atoms with Crippen molar-refractivity contribution in [3.8, 4) is 5.88 Å². The van der Waals surface area contributed by atoms with Crippen LogP contribution < -0.4 is 0 Å². The summed E-state index contributed by atoms with van der Waals surface area (Å²) in [4.78, 5) is 16.1. The van der Waals surface area contributed by atoms with E-state index in [1.807, 2.05) is 18.2 Å². The molecule has 0 fully saturated rings. The number of esters is 1. The van der Waals surface area contributed by atoms with Crippen molar-refractivity contribution in [1.82, 2.24) is 14.6 Å². The van der Waals surface area contributed by atoms with Crippen LogP contribution in [-0.4, -0.2) is 32.8 Å². The number of hydrogen-bond donors (Lipinski definition) is 1. The smallest absolute Gasteiger partial charge is 0.310 e. The van der Waals surface area contributed by atoms with Gasteiger partial charge in [-0.25, -0.2) is 4.98 Å². The fourth-order valence-corrected chi connectivity index (χ4v) is 3.18. The number of allylic oxidation sites excluding steroid dienone is 5. The molecule has 0 amide bonds. The zero-order valence-corrected chi connectivity index (χ0v) is 15.9. The third-order valence-corrected chi connectivity index (χ3v) is 4.79. The van der Waals surface area contributed by atoms with E-state index in [1.165, 1.54) is 24.5 Å². The molecule has 0 bridgehead atoms. The molecule has 0 radical (unpaired) electrons. The van der Waals surface area contributed by atoms with Gasteiger partial charge in [-0.2, -0.15) is 9.61 Å². The lowest BCUT2D eigenvalue weighted by molar-refractivity contribution is -0.139. The van der Waals surface area contributed by atoms with E-state index in [4.69, 9.17) is 4.74 Å². The summed E-state index contributed by atoms with van der Waals surface area (Å²) in [6.07, 6.45) is 11.6. The summed E-state index contributed by atoms with van der Waals surface area (Å²) in [5, 5.41) is 15.1. The van der Waals surface area contributed by atoms with Gasteiger partial charge in [0.15, 0.2) is 5.65 Å². The van der Waals surface area contributed by atoms with Crippen LogP contribution in [0, 0.1) is 6.92 Å². The van der Waals surface area contributed by atoms with E-state index in [0.29, 0.717) is 16.9 Å². The van der Waals surface area contributed by atoms with Crippen LogP contribution in [0.25, 0.3) is 11.2 Å². The summed E-state index contributed by atoms with van der Waals surface area (Å²) in [6, 6.07) is 1.85. The maximum atomic E-state index is 11.6. The topological polar surface area (TPSA) is 76.7 Å². The van der Waals surface area contributed by atoms with Gasteiger partial charge >= 0.3 is 5.97 Å². The molecule has 0 aromatic carbocycles. The monoisotopic (exact) mass is 367 g/mol. The first-order chi connectivity index (χ1) is 13.0. The molecular formula is C21H25N3O3. The first-order valence-corrected chi connectivity index (χ1v) is 9.21. The van der Waals surface area contributed by atoms with Crippen molar-refractivity contribution in [3.05, 3.63) is 53.4 Å². The van der Waals surface area contributed by atoms with Gasteiger partial charge in [0.2, 0.25) is 5.88 Å². The number of ether oxygens (including phenoxy) is 1. The van der Waals surface area contributed by atoms with Crippen LogP contribution in [0.5, 0.6) is 5.88 Å². The van der Waals surface area contributed by atoms with Gasteiger partial charge in [0.05, 0.1) is 19.2 Å². The predicted octanol–water partition coefficient (Wildman–Crippen LogP) is 3.92.